The highest BCUT2D eigenvalue weighted by molar-refractivity contribution is 6.31. The maximum Gasteiger partial charge on any atom is 0.293 e. The van der Waals surface area contributed by atoms with Gasteiger partial charge in [-0.25, -0.2) is 0 Å². The Kier molecular flexibility index (Phi) is 3.39. The summed E-state index contributed by atoms with van der Waals surface area (Å²) < 4.78 is 5.78. The van der Waals surface area contributed by atoms with Gasteiger partial charge < -0.3 is 4.74 Å². The average molecular weight is 302 g/mol. The Morgan fingerprint density at radius 1 is 1.24 bits per heavy atom. The summed E-state index contributed by atoms with van der Waals surface area (Å²) in [5.74, 6) is 0.948. The number of fused-ring (bicyclic) bond motifs is 1. The highest BCUT2D eigenvalue weighted by atomic mass is 35.5. The fourth-order valence-electron chi connectivity index (χ4n) is 2.34. The van der Waals surface area contributed by atoms with Crippen molar-refractivity contribution in [2.75, 3.05) is 0 Å². The zero-order valence-electron chi connectivity index (χ0n) is 11.3. The standard InChI is InChI=1S/C16H12ClNO3/c1-10-8-12(6-7-13(10)17)16-14(18(19)20)9-11-4-2-3-5-15(11)21-16/h2-8H,9H2,1H3. The third-order valence-corrected chi connectivity index (χ3v) is 3.87. The van der Waals surface area contributed by atoms with Gasteiger partial charge in [0.1, 0.15) is 5.75 Å². The van der Waals surface area contributed by atoms with Crippen LogP contribution in [-0.2, 0) is 6.42 Å². The van der Waals surface area contributed by atoms with Gasteiger partial charge in [-0.2, -0.15) is 0 Å². The second kappa shape index (κ2) is 5.22. The predicted molar refractivity (Wildman–Crippen MR) is 80.9 cm³/mol. The third kappa shape index (κ3) is 2.50. The van der Waals surface area contributed by atoms with E-state index in [-0.39, 0.29) is 17.0 Å². The Balaban J connectivity index is 2.13. The van der Waals surface area contributed by atoms with E-state index in [0.717, 1.165) is 11.1 Å². The molecule has 0 saturated carbocycles. The van der Waals surface area contributed by atoms with Crippen molar-refractivity contribution in [2.24, 2.45) is 0 Å². The molecule has 0 unspecified atom stereocenters. The van der Waals surface area contributed by atoms with E-state index in [1.165, 1.54) is 0 Å². The fraction of sp³-hybridized carbons (Fsp3) is 0.125. The van der Waals surface area contributed by atoms with Crippen molar-refractivity contribution in [3.8, 4) is 5.75 Å². The lowest BCUT2D eigenvalue weighted by molar-refractivity contribution is -0.427. The lowest BCUT2D eigenvalue weighted by Crippen LogP contribution is -2.15. The Labute approximate surface area is 126 Å². The highest BCUT2D eigenvalue weighted by Crippen LogP contribution is 2.35. The lowest BCUT2D eigenvalue weighted by Gasteiger charge is -2.19. The minimum absolute atomic E-state index is 0.0652. The first kappa shape index (κ1) is 13.6. The smallest absolute Gasteiger partial charge is 0.293 e. The fourth-order valence-corrected chi connectivity index (χ4v) is 2.46. The van der Waals surface area contributed by atoms with Crippen LogP contribution >= 0.6 is 11.6 Å². The maximum atomic E-state index is 11.3. The number of allylic oxidation sites excluding steroid dienone is 1. The van der Waals surface area contributed by atoms with Crippen LogP contribution in [0, 0.1) is 17.0 Å². The summed E-state index contributed by atoms with van der Waals surface area (Å²) in [6, 6.07) is 12.6. The first-order chi connectivity index (χ1) is 10.1. The summed E-state index contributed by atoms with van der Waals surface area (Å²) in [5.41, 5.74) is 2.40. The Bertz CT molecular complexity index is 768. The Morgan fingerprint density at radius 2 is 2.00 bits per heavy atom. The molecule has 106 valence electrons. The third-order valence-electron chi connectivity index (χ3n) is 3.45. The van der Waals surface area contributed by atoms with E-state index in [4.69, 9.17) is 16.3 Å². The van der Waals surface area contributed by atoms with Crippen LogP contribution in [0.2, 0.25) is 5.02 Å². The number of hydrogen-bond acceptors (Lipinski definition) is 3. The summed E-state index contributed by atoms with van der Waals surface area (Å²) in [5, 5.41) is 12.0. The normalized spacial score (nSPS) is 13.6. The van der Waals surface area contributed by atoms with E-state index in [1.54, 1.807) is 18.2 Å². The van der Waals surface area contributed by atoms with Crippen LogP contribution in [-0.4, -0.2) is 4.92 Å². The molecule has 0 N–H and O–H groups in total. The van der Waals surface area contributed by atoms with Gasteiger partial charge in [0.05, 0.1) is 11.3 Å². The van der Waals surface area contributed by atoms with Gasteiger partial charge in [-0.15, -0.1) is 0 Å². The number of aryl methyl sites for hydroxylation is 1. The largest absolute Gasteiger partial charge is 0.450 e. The molecular weight excluding hydrogens is 290 g/mol. The molecule has 4 nitrogen and oxygen atoms in total. The second-order valence-corrected chi connectivity index (χ2v) is 5.29. The molecule has 1 aliphatic heterocycles. The van der Waals surface area contributed by atoms with Crippen LogP contribution in [0.3, 0.4) is 0 Å². The van der Waals surface area contributed by atoms with Gasteiger partial charge in [-0.1, -0.05) is 29.8 Å². The first-order valence-corrected chi connectivity index (χ1v) is 6.84. The van der Waals surface area contributed by atoms with Gasteiger partial charge in [0.15, 0.2) is 0 Å². The minimum atomic E-state index is -0.380. The number of hydrogen-bond donors (Lipinski definition) is 0. The van der Waals surface area contributed by atoms with Crippen LogP contribution < -0.4 is 4.74 Å². The summed E-state index contributed by atoms with van der Waals surface area (Å²) in [6.07, 6.45) is 0.250. The molecule has 2 aromatic carbocycles. The molecule has 0 aromatic heterocycles. The molecule has 0 aliphatic carbocycles. The molecule has 0 atom stereocenters. The topological polar surface area (TPSA) is 52.4 Å². The second-order valence-electron chi connectivity index (χ2n) is 4.88. The molecule has 0 amide bonds. The Morgan fingerprint density at radius 3 is 2.71 bits per heavy atom. The molecule has 0 saturated heterocycles. The van der Waals surface area contributed by atoms with Gasteiger partial charge >= 0.3 is 0 Å². The predicted octanol–water partition coefficient (Wildman–Crippen LogP) is 4.23. The molecular formula is C16H12ClNO3. The van der Waals surface area contributed by atoms with Gasteiger partial charge in [0, 0.05) is 16.1 Å². The van der Waals surface area contributed by atoms with E-state index < -0.39 is 0 Å². The van der Waals surface area contributed by atoms with E-state index in [1.807, 2.05) is 31.2 Å². The molecule has 2 aromatic rings. The van der Waals surface area contributed by atoms with Gasteiger partial charge in [-0.05, 0) is 36.8 Å². The lowest BCUT2D eigenvalue weighted by atomic mass is 10.0. The molecule has 3 rings (SSSR count). The Hall–Kier alpha value is -2.33. The van der Waals surface area contributed by atoms with Crippen LogP contribution in [0.1, 0.15) is 16.7 Å². The van der Waals surface area contributed by atoms with E-state index in [0.29, 0.717) is 22.1 Å². The van der Waals surface area contributed by atoms with Crippen LogP contribution in [0.4, 0.5) is 0 Å². The zero-order chi connectivity index (χ0) is 15.0. The number of ether oxygens (including phenoxy) is 1. The summed E-state index contributed by atoms with van der Waals surface area (Å²) in [7, 11) is 0. The summed E-state index contributed by atoms with van der Waals surface area (Å²) >= 11 is 6.01. The molecule has 5 heteroatoms. The molecule has 1 heterocycles. The molecule has 0 radical (unpaired) electrons. The highest BCUT2D eigenvalue weighted by Gasteiger charge is 2.29. The quantitative estimate of drug-likeness (QED) is 0.616. The van der Waals surface area contributed by atoms with E-state index in [2.05, 4.69) is 0 Å². The van der Waals surface area contributed by atoms with Crippen molar-refractivity contribution in [3.63, 3.8) is 0 Å². The molecule has 0 bridgehead atoms. The van der Waals surface area contributed by atoms with E-state index in [9.17, 15) is 10.1 Å². The number of rotatable bonds is 2. The van der Waals surface area contributed by atoms with Crippen molar-refractivity contribution in [3.05, 3.63) is 80.0 Å². The van der Waals surface area contributed by atoms with Crippen molar-refractivity contribution in [1.82, 2.24) is 0 Å². The molecule has 0 fully saturated rings. The first-order valence-electron chi connectivity index (χ1n) is 6.46. The van der Waals surface area contributed by atoms with Crippen molar-refractivity contribution < 1.29 is 9.66 Å². The van der Waals surface area contributed by atoms with Gasteiger partial charge in [0.25, 0.3) is 5.70 Å². The monoisotopic (exact) mass is 301 g/mol. The number of benzene rings is 2. The van der Waals surface area contributed by atoms with Crippen LogP contribution in [0.25, 0.3) is 5.76 Å². The van der Waals surface area contributed by atoms with Gasteiger partial charge in [0.2, 0.25) is 5.76 Å². The zero-order valence-corrected chi connectivity index (χ0v) is 12.1. The van der Waals surface area contributed by atoms with Crippen molar-refractivity contribution >= 4 is 17.4 Å². The maximum absolute atomic E-state index is 11.3. The average Bonchev–Trinajstić information content (AvgIpc) is 2.48. The van der Waals surface area contributed by atoms with Gasteiger partial charge in [-0.3, -0.25) is 10.1 Å². The van der Waals surface area contributed by atoms with Crippen molar-refractivity contribution in [2.45, 2.75) is 13.3 Å². The minimum Gasteiger partial charge on any atom is -0.450 e. The van der Waals surface area contributed by atoms with Crippen LogP contribution in [0.5, 0.6) is 5.75 Å². The number of halogens is 1. The SMILES string of the molecule is Cc1cc(C2=C([N+](=O)[O-])Cc3ccccc3O2)ccc1Cl. The number of nitrogens with zero attached hydrogens (tertiary/aromatic N) is 1. The number of nitro groups is 1. The van der Waals surface area contributed by atoms with Crippen molar-refractivity contribution in [1.29, 1.82) is 0 Å². The number of para-hydroxylation sites is 1. The molecule has 0 spiro atoms. The van der Waals surface area contributed by atoms with E-state index >= 15 is 0 Å². The molecule has 21 heavy (non-hydrogen) atoms. The van der Waals surface area contributed by atoms with Crippen LogP contribution in [0.15, 0.2) is 48.2 Å². The summed E-state index contributed by atoms with van der Waals surface area (Å²) in [4.78, 5) is 11.0. The molecule has 1 aliphatic rings. The summed E-state index contributed by atoms with van der Waals surface area (Å²) in [6.45, 7) is 1.86.